The lowest BCUT2D eigenvalue weighted by Gasteiger charge is -2.30. The van der Waals surface area contributed by atoms with E-state index in [9.17, 15) is 10.1 Å². The lowest BCUT2D eigenvalue weighted by atomic mass is 10.1. The average molecular weight is 292 g/mol. The summed E-state index contributed by atoms with van der Waals surface area (Å²) in [4.78, 5) is 13.5. The number of nitrogens with two attached hydrogens (primary N) is 2. The predicted octanol–water partition coefficient (Wildman–Crippen LogP) is -0.172. The van der Waals surface area contributed by atoms with Crippen LogP contribution in [0.3, 0.4) is 0 Å². The molecule has 0 bridgehead atoms. The van der Waals surface area contributed by atoms with Crippen LogP contribution in [0.25, 0.3) is 0 Å². The van der Waals surface area contributed by atoms with Crippen molar-refractivity contribution in [1.29, 1.82) is 5.26 Å². The highest BCUT2D eigenvalue weighted by molar-refractivity contribution is 5.72. The van der Waals surface area contributed by atoms with Crippen LogP contribution >= 0.6 is 0 Å². The van der Waals surface area contributed by atoms with E-state index in [1.165, 1.54) is 4.68 Å². The molecule has 0 aromatic carbocycles. The number of ether oxygens (including phenoxy) is 1. The smallest absolute Gasteiger partial charge is 0.327 e. The van der Waals surface area contributed by atoms with Crippen LogP contribution in [-0.2, 0) is 16.1 Å². The third-order valence-corrected chi connectivity index (χ3v) is 3.51. The van der Waals surface area contributed by atoms with Gasteiger partial charge in [-0.3, -0.25) is 4.79 Å². The third kappa shape index (κ3) is 3.25. The number of carbonyl (C=O) groups excluding carboxylic acids is 1. The molecule has 1 aliphatic heterocycles. The van der Waals surface area contributed by atoms with Gasteiger partial charge in [0.1, 0.15) is 24.0 Å². The molecule has 1 fully saturated rings. The average Bonchev–Trinajstić information content (AvgIpc) is 2.76. The second kappa shape index (κ2) is 6.45. The van der Waals surface area contributed by atoms with Crippen LogP contribution in [0.4, 0.5) is 11.6 Å². The van der Waals surface area contributed by atoms with Gasteiger partial charge < -0.3 is 21.1 Å². The molecule has 0 radical (unpaired) electrons. The van der Waals surface area contributed by atoms with Crippen LogP contribution in [0.2, 0.25) is 0 Å². The quantitative estimate of drug-likeness (QED) is 0.738. The number of carbonyl (C=O) groups is 1. The number of piperidine rings is 1. The molecule has 0 atom stereocenters. The molecule has 8 nitrogen and oxygen atoms in total. The number of aromatic nitrogens is 2. The molecule has 4 N–H and O–H groups in total. The van der Waals surface area contributed by atoms with Crippen LogP contribution in [0.15, 0.2) is 0 Å². The van der Waals surface area contributed by atoms with Gasteiger partial charge in [0.15, 0.2) is 5.82 Å². The first-order valence-electron chi connectivity index (χ1n) is 6.99. The molecule has 2 heterocycles. The van der Waals surface area contributed by atoms with E-state index in [-0.39, 0.29) is 18.4 Å². The fourth-order valence-electron chi connectivity index (χ4n) is 2.35. The third-order valence-electron chi connectivity index (χ3n) is 3.51. The van der Waals surface area contributed by atoms with Gasteiger partial charge in [0.05, 0.1) is 6.61 Å². The Hall–Kier alpha value is -2.27. The van der Waals surface area contributed by atoms with Crippen LogP contribution < -0.4 is 16.4 Å². The first-order valence-corrected chi connectivity index (χ1v) is 6.99. The maximum atomic E-state index is 11.5. The lowest BCUT2D eigenvalue weighted by Crippen LogP contribution is -2.40. The molecular weight excluding hydrogens is 272 g/mol. The second-order valence-electron chi connectivity index (χ2n) is 4.98. The van der Waals surface area contributed by atoms with E-state index < -0.39 is 5.97 Å². The standard InChI is InChI=1S/C13H20N6O2/c1-2-21-11(20)8-19-12(16)10(7-14)13(17-19)18-5-3-9(15)4-6-18/h9H,2-6,8,15-16H2,1H3. The Kier molecular flexibility index (Phi) is 4.65. The van der Waals surface area contributed by atoms with E-state index >= 15 is 0 Å². The normalized spacial score (nSPS) is 15.8. The number of nitriles is 1. The van der Waals surface area contributed by atoms with E-state index in [4.69, 9.17) is 16.2 Å². The highest BCUT2D eigenvalue weighted by atomic mass is 16.5. The molecule has 0 spiro atoms. The monoisotopic (exact) mass is 292 g/mol. The maximum absolute atomic E-state index is 11.5. The summed E-state index contributed by atoms with van der Waals surface area (Å²) in [5.41, 5.74) is 12.1. The summed E-state index contributed by atoms with van der Waals surface area (Å²) in [6.45, 7) is 3.38. The van der Waals surface area contributed by atoms with E-state index in [1.54, 1.807) is 6.92 Å². The van der Waals surface area contributed by atoms with Gasteiger partial charge in [-0.05, 0) is 19.8 Å². The van der Waals surface area contributed by atoms with Gasteiger partial charge in [0, 0.05) is 19.1 Å². The summed E-state index contributed by atoms with van der Waals surface area (Å²) in [6, 6.07) is 2.25. The Morgan fingerprint density at radius 1 is 1.52 bits per heavy atom. The molecule has 1 saturated heterocycles. The summed E-state index contributed by atoms with van der Waals surface area (Å²) in [6.07, 6.45) is 1.69. The van der Waals surface area contributed by atoms with Gasteiger partial charge >= 0.3 is 5.97 Å². The van der Waals surface area contributed by atoms with Crippen molar-refractivity contribution >= 4 is 17.6 Å². The Bertz CT molecular complexity index is 554. The number of nitrogens with zero attached hydrogens (tertiary/aromatic N) is 4. The van der Waals surface area contributed by atoms with Crippen molar-refractivity contribution in [3.8, 4) is 6.07 Å². The van der Waals surface area contributed by atoms with Crippen LogP contribution in [0, 0.1) is 11.3 Å². The van der Waals surface area contributed by atoms with Crippen molar-refractivity contribution in [2.24, 2.45) is 5.73 Å². The molecule has 0 aliphatic carbocycles. The van der Waals surface area contributed by atoms with Gasteiger partial charge in [-0.25, -0.2) is 4.68 Å². The van der Waals surface area contributed by atoms with Crippen LogP contribution in [-0.4, -0.2) is 41.5 Å². The minimum Gasteiger partial charge on any atom is -0.465 e. The molecule has 0 unspecified atom stereocenters. The molecular formula is C13H20N6O2. The first-order chi connectivity index (χ1) is 10.1. The summed E-state index contributed by atoms with van der Waals surface area (Å²) in [5, 5.41) is 13.6. The number of esters is 1. The summed E-state index contributed by atoms with van der Waals surface area (Å²) < 4.78 is 6.19. The van der Waals surface area contributed by atoms with Gasteiger partial charge in [0.25, 0.3) is 0 Å². The Morgan fingerprint density at radius 2 is 2.19 bits per heavy atom. The summed E-state index contributed by atoms with van der Waals surface area (Å²) in [5.74, 6) is 0.282. The minimum atomic E-state index is -0.427. The van der Waals surface area contributed by atoms with E-state index in [2.05, 4.69) is 11.2 Å². The van der Waals surface area contributed by atoms with Gasteiger partial charge in [0.2, 0.25) is 0 Å². The lowest BCUT2D eigenvalue weighted by molar-refractivity contribution is -0.143. The zero-order valence-electron chi connectivity index (χ0n) is 12.1. The summed E-state index contributed by atoms with van der Waals surface area (Å²) >= 11 is 0. The Morgan fingerprint density at radius 3 is 2.76 bits per heavy atom. The second-order valence-corrected chi connectivity index (χ2v) is 4.98. The fourth-order valence-corrected chi connectivity index (χ4v) is 2.35. The van der Waals surface area contributed by atoms with Crippen LogP contribution in [0.1, 0.15) is 25.3 Å². The number of anilines is 2. The zero-order valence-corrected chi connectivity index (χ0v) is 12.1. The Labute approximate surface area is 123 Å². The molecule has 0 amide bonds. The van der Waals surface area contributed by atoms with Crippen molar-refractivity contribution in [2.75, 3.05) is 30.3 Å². The van der Waals surface area contributed by atoms with Gasteiger partial charge in [-0.2, -0.15) is 10.4 Å². The van der Waals surface area contributed by atoms with Crippen molar-refractivity contribution in [2.45, 2.75) is 32.4 Å². The molecule has 21 heavy (non-hydrogen) atoms. The largest absolute Gasteiger partial charge is 0.465 e. The minimum absolute atomic E-state index is 0.0955. The highest BCUT2D eigenvalue weighted by Gasteiger charge is 2.25. The van der Waals surface area contributed by atoms with E-state index in [0.29, 0.717) is 18.0 Å². The fraction of sp³-hybridized carbons (Fsp3) is 0.615. The molecule has 2 rings (SSSR count). The van der Waals surface area contributed by atoms with Gasteiger partial charge in [-0.1, -0.05) is 0 Å². The van der Waals surface area contributed by atoms with E-state index in [0.717, 1.165) is 25.9 Å². The predicted molar refractivity (Wildman–Crippen MR) is 77.4 cm³/mol. The SMILES string of the molecule is CCOC(=O)Cn1nc(N2CCC(N)CC2)c(C#N)c1N. The molecule has 8 heteroatoms. The zero-order chi connectivity index (χ0) is 15.4. The molecule has 1 aromatic rings. The molecule has 1 aliphatic rings. The van der Waals surface area contributed by atoms with Crippen molar-refractivity contribution in [3.05, 3.63) is 5.56 Å². The maximum Gasteiger partial charge on any atom is 0.327 e. The highest BCUT2D eigenvalue weighted by Crippen LogP contribution is 2.26. The number of hydrogen-bond acceptors (Lipinski definition) is 7. The molecule has 1 aromatic heterocycles. The van der Waals surface area contributed by atoms with Crippen molar-refractivity contribution in [3.63, 3.8) is 0 Å². The number of nitrogen functional groups attached to an aromatic ring is 1. The van der Waals surface area contributed by atoms with Crippen molar-refractivity contribution < 1.29 is 9.53 Å². The van der Waals surface area contributed by atoms with Crippen molar-refractivity contribution in [1.82, 2.24) is 9.78 Å². The van der Waals surface area contributed by atoms with Gasteiger partial charge in [-0.15, -0.1) is 0 Å². The molecule has 114 valence electrons. The number of hydrogen-bond donors (Lipinski definition) is 2. The first kappa shape index (κ1) is 15.1. The molecule has 0 saturated carbocycles. The topological polar surface area (TPSA) is 123 Å². The van der Waals surface area contributed by atoms with E-state index in [1.807, 2.05) is 4.90 Å². The summed E-state index contributed by atoms with van der Waals surface area (Å²) in [7, 11) is 0. The Balaban J connectivity index is 2.22. The number of rotatable bonds is 4. The van der Waals surface area contributed by atoms with Crippen LogP contribution in [0.5, 0.6) is 0 Å².